The average Bonchev–Trinajstić information content (AvgIpc) is 3.39. The summed E-state index contributed by atoms with van der Waals surface area (Å²) in [6, 6.07) is 3.79. The molecule has 1 aromatic carbocycles. The van der Waals surface area contributed by atoms with Crippen molar-refractivity contribution in [3.8, 4) is 12.3 Å². The predicted molar refractivity (Wildman–Crippen MR) is 125 cm³/mol. The number of amides is 1. The molecule has 0 spiro atoms. The van der Waals surface area contributed by atoms with E-state index >= 15 is 0 Å². The number of benzene rings is 1. The van der Waals surface area contributed by atoms with Crippen LogP contribution in [0.3, 0.4) is 0 Å². The first-order chi connectivity index (χ1) is 15.8. The van der Waals surface area contributed by atoms with Gasteiger partial charge in [0.2, 0.25) is 10.0 Å². The highest BCUT2D eigenvalue weighted by Gasteiger charge is 2.24. The monoisotopic (exact) mass is 469 g/mol. The molecule has 9 nitrogen and oxygen atoms in total. The number of hydrogen-bond acceptors (Lipinski definition) is 6. The van der Waals surface area contributed by atoms with Gasteiger partial charge in [-0.15, -0.1) is 6.42 Å². The number of nitrogens with zero attached hydrogens (tertiary/aromatic N) is 3. The molecular weight excluding hydrogens is 442 g/mol. The van der Waals surface area contributed by atoms with Crippen LogP contribution in [0.5, 0.6) is 0 Å². The minimum atomic E-state index is -3.51. The molecule has 1 aliphatic rings. The number of aryl methyl sites for hydroxylation is 1. The van der Waals surface area contributed by atoms with Crippen molar-refractivity contribution in [1.29, 1.82) is 0 Å². The molecule has 174 valence electrons. The number of terminal acetylenes is 1. The minimum Gasteiger partial charge on any atom is -0.354 e. The van der Waals surface area contributed by atoms with Crippen molar-refractivity contribution in [1.82, 2.24) is 20.3 Å². The topological polar surface area (TPSA) is 119 Å². The van der Waals surface area contributed by atoms with Crippen LogP contribution >= 0.6 is 0 Å². The van der Waals surface area contributed by atoms with Crippen molar-refractivity contribution in [2.45, 2.75) is 52.1 Å². The van der Waals surface area contributed by atoms with Crippen molar-refractivity contribution in [2.75, 3.05) is 10.5 Å². The maximum Gasteiger partial charge on any atom is 0.295 e. The van der Waals surface area contributed by atoms with Crippen LogP contribution in [0.15, 0.2) is 29.0 Å². The van der Waals surface area contributed by atoms with Crippen molar-refractivity contribution in [2.24, 2.45) is 5.92 Å². The van der Waals surface area contributed by atoms with Gasteiger partial charge in [-0.2, -0.15) is 5.10 Å². The fraction of sp³-hybridized carbons (Fsp3) is 0.435. The van der Waals surface area contributed by atoms with Gasteiger partial charge in [-0.3, -0.25) is 14.2 Å². The summed E-state index contributed by atoms with van der Waals surface area (Å²) in [7, 11) is -3.51. The second kappa shape index (κ2) is 9.67. The normalized spacial score (nSPS) is 14.8. The zero-order valence-electron chi connectivity index (χ0n) is 18.5. The first kappa shape index (κ1) is 22.9. The number of carbonyl (C=O) groups is 1. The fourth-order valence-corrected chi connectivity index (χ4v) is 5.83. The number of anilines is 1. The molecule has 1 fully saturated rings. The third-order valence-electron chi connectivity index (χ3n) is 5.88. The zero-order chi connectivity index (χ0) is 23.4. The van der Waals surface area contributed by atoms with Crippen LogP contribution in [0.4, 0.5) is 5.82 Å². The van der Waals surface area contributed by atoms with Gasteiger partial charge in [0, 0.05) is 18.3 Å². The number of aromatic nitrogens is 3. The summed E-state index contributed by atoms with van der Waals surface area (Å²) in [4.78, 5) is 11.2. The van der Waals surface area contributed by atoms with Gasteiger partial charge in [-0.05, 0) is 48.8 Å². The highest BCUT2D eigenvalue weighted by Crippen LogP contribution is 2.30. The molecule has 33 heavy (non-hydrogen) atoms. The number of rotatable bonds is 8. The van der Waals surface area contributed by atoms with E-state index in [1.165, 1.54) is 6.42 Å². The lowest BCUT2D eigenvalue weighted by Crippen LogP contribution is -2.24. The van der Waals surface area contributed by atoms with Gasteiger partial charge in [0.1, 0.15) is 0 Å². The summed E-state index contributed by atoms with van der Waals surface area (Å²) in [6.07, 6.45) is 13.8. The third kappa shape index (κ3) is 5.73. The molecule has 3 aromatic rings. The standard InChI is InChI=1S/C23H27N5O4S/c1-3-21(29)24-11-19-12-25-28(14-19)13-18-9-16(2)22-20(10-18)32-26-23(22)27-33(30,31)15-17-7-5-4-6-8-17/h1,9-10,12,14,17H,4-8,11,13,15H2,2H3,(H,24,29)(H,26,27). The van der Waals surface area contributed by atoms with Gasteiger partial charge >= 0.3 is 0 Å². The lowest BCUT2D eigenvalue weighted by Gasteiger charge is -2.21. The molecule has 0 radical (unpaired) electrons. The van der Waals surface area contributed by atoms with Crippen LogP contribution in [-0.2, 0) is 27.9 Å². The van der Waals surface area contributed by atoms with Gasteiger partial charge in [0.15, 0.2) is 11.4 Å². The number of nitrogens with one attached hydrogen (secondary N) is 2. The molecule has 0 atom stereocenters. The number of hydrogen-bond donors (Lipinski definition) is 2. The van der Waals surface area contributed by atoms with E-state index in [9.17, 15) is 13.2 Å². The van der Waals surface area contributed by atoms with Crippen LogP contribution in [0.2, 0.25) is 0 Å². The Morgan fingerprint density at radius 2 is 2.06 bits per heavy atom. The maximum atomic E-state index is 12.7. The molecule has 0 aliphatic heterocycles. The molecule has 0 unspecified atom stereocenters. The lowest BCUT2D eigenvalue weighted by atomic mass is 9.91. The van der Waals surface area contributed by atoms with Crippen LogP contribution in [0, 0.1) is 25.2 Å². The second-order valence-electron chi connectivity index (χ2n) is 8.58. The van der Waals surface area contributed by atoms with Gasteiger partial charge in [-0.1, -0.05) is 30.5 Å². The smallest absolute Gasteiger partial charge is 0.295 e. The lowest BCUT2D eigenvalue weighted by molar-refractivity contribution is -0.115. The van der Waals surface area contributed by atoms with Crippen molar-refractivity contribution >= 4 is 32.7 Å². The van der Waals surface area contributed by atoms with Crippen LogP contribution in [0.1, 0.15) is 48.8 Å². The molecule has 10 heteroatoms. The second-order valence-corrected chi connectivity index (χ2v) is 10.3. The van der Waals surface area contributed by atoms with E-state index in [4.69, 9.17) is 10.9 Å². The number of sulfonamides is 1. The Morgan fingerprint density at radius 3 is 2.82 bits per heavy atom. The van der Waals surface area contributed by atoms with Gasteiger partial charge < -0.3 is 9.84 Å². The molecule has 0 bridgehead atoms. The Kier molecular flexibility index (Phi) is 6.70. The number of carbonyl (C=O) groups excluding carboxylic acids is 1. The molecule has 2 aromatic heterocycles. The highest BCUT2D eigenvalue weighted by atomic mass is 32.2. The first-order valence-electron chi connectivity index (χ1n) is 11.0. The molecule has 2 heterocycles. The molecule has 1 aliphatic carbocycles. The van der Waals surface area contributed by atoms with Crippen LogP contribution < -0.4 is 10.0 Å². The summed E-state index contributed by atoms with van der Waals surface area (Å²) in [5.74, 6) is 2.07. The van der Waals surface area contributed by atoms with Crippen molar-refractivity contribution in [3.05, 3.63) is 41.2 Å². The third-order valence-corrected chi connectivity index (χ3v) is 7.29. The Morgan fingerprint density at radius 1 is 1.27 bits per heavy atom. The van der Waals surface area contributed by atoms with Crippen LogP contribution in [0.25, 0.3) is 11.0 Å². The number of fused-ring (bicyclic) bond motifs is 1. The van der Waals surface area contributed by atoms with Crippen LogP contribution in [-0.4, -0.2) is 35.0 Å². The fourth-order valence-electron chi connectivity index (χ4n) is 4.36. The predicted octanol–water partition coefficient (Wildman–Crippen LogP) is 2.95. The summed E-state index contributed by atoms with van der Waals surface area (Å²) in [6.45, 7) is 2.67. The molecule has 1 amide bonds. The Labute approximate surface area is 193 Å². The maximum absolute atomic E-state index is 12.7. The van der Waals surface area contributed by atoms with E-state index < -0.39 is 15.9 Å². The van der Waals surface area contributed by atoms with E-state index in [0.29, 0.717) is 24.1 Å². The van der Waals surface area contributed by atoms with Gasteiger partial charge in [0.25, 0.3) is 5.91 Å². The van der Waals surface area contributed by atoms with E-state index in [-0.39, 0.29) is 17.5 Å². The van der Waals surface area contributed by atoms with Gasteiger partial charge in [0.05, 0.1) is 23.9 Å². The Hall–Kier alpha value is -3.32. The van der Waals surface area contributed by atoms with Crippen molar-refractivity contribution in [3.63, 3.8) is 0 Å². The SMILES string of the molecule is C#CC(=O)NCc1cnn(Cc2cc(C)c3c(NS(=O)(=O)CC4CCCCC4)noc3c2)c1. The zero-order valence-corrected chi connectivity index (χ0v) is 19.3. The summed E-state index contributed by atoms with van der Waals surface area (Å²) >= 11 is 0. The molecular formula is C23H27N5O4S. The van der Waals surface area contributed by atoms with E-state index in [1.54, 1.807) is 10.9 Å². The molecule has 0 saturated heterocycles. The Bertz CT molecular complexity index is 1300. The molecule has 1 saturated carbocycles. The minimum absolute atomic E-state index is 0.113. The summed E-state index contributed by atoms with van der Waals surface area (Å²) in [5.41, 5.74) is 3.11. The highest BCUT2D eigenvalue weighted by molar-refractivity contribution is 7.92. The summed E-state index contributed by atoms with van der Waals surface area (Å²) < 4.78 is 35.2. The first-order valence-corrected chi connectivity index (χ1v) is 12.6. The average molecular weight is 470 g/mol. The molecule has 4 rings (SSSR count). The van der Waals surface area contributed by atoms with Crippen molar-refractivity contribution < 1.29 is 17.7 Å². The Balaban J connectivity index is 1.46. The van der Waals surface area contributed by atoms with Gasteiger partial charge in [-0.25, -0.2) is 8.42 Å². The van der Waals surface area contributed by atoms with E-state index in [1.807, 2.05) is 31.2 Å². The molecule has 2 N–H and O–H groups in total. The summed E-state index contributed by atoms with van der Waals surface area (Å²) in [5, 5.41) is 11.6. The largest absolute Gasteiger partial charge is 0.354 e. The van der Waals surface area contributed by atoms with E-state index in [0.717, 1.165) is 42.4 Å². The van der Waals surface area contributed by atoms with E-state index in [2.05, 4.69) is 20.3 Å². The quantitative estimate of drug-likeness (QED) is 0.490.